The Bertz CT molecular complexity index is 728. The zero-order valence-electron chi connectivity index (χ0n) is 11.0. The summed E-state index contributed by atoms with van der Waals surface area (Å²) in [5.41, 5.74) is 0.739. The minimum atomic E-state index is -3.96. The van der Waals surface area contributed by atoms with Gasteiger partial charge < -0.3 is 5.32 Å². The van der Waals surface area contributed by atoms with E-state index in [1.54, 1.807) is 11.4 Å². The third kappa shape index (κ3) is 3.58. The zero-order valence-corrected chi connectivity index (χ0v) is 12.7. The van der Waals surface area contributed by atoms with Gasteiger partial charge in [-0.2, -0.15) is 0 Å². The van der Waals surface area contributed by atoms with Gasteiger partial charge in [0.15, 0.2) is 5.13 Å². The van der Waals surface area contributed by atoms with Crippen molar-refractivity contribution in [2.45, 2.75) is 30.3 Å². The monoisotopic (exact) mass is 327 g/mol. The van der Waals surface area contributed by atoms with E-state index in [2.05, 4.69) is 15.0 Å². The van der Waals surface area contributed by atoms with Gasteiger partial charge in [-0.05, 0) is 30.5 Å². The number of nitrogens with one attached hydrogen (secondary N) is 2. The average Bonchev–Trinajstić information content (AvgIpc) is 3.14. The molecular formula is C13H14FN3O2S2. The lowest BCUT2D eigenvalue weighted by Crippen LogP contribution is -2.18. The highest BCUT2D eigenvalue weighted by molar-refractivity contribution is 7.93. The molecule has 5 nitrogen and oxygen atoms in total. The fraction of sp³-hybridized carbons (Fsp3) is 0.308. The third-order valence-electron chi connectivity index (χ3n) is 3.11. The molecule has 0 unspecified atom stereocenters. The number of anilines is 1. The number of rotatable bonds is 6. The van der Waals surface area contributed by atoms with Gasteiger partial charge in [-0.15, -0.1) is 11.3 Å². The summed E-state index contributed by atoms with van der Waals surface area (Å²) < 4.78 is 40.6. The molecule has 0 bridgehead atoms. The Kier molecular flexibility index (Phi) is 3.92. The molecule has 21 heavy (non-hydrogen) atoms. The van der Waals surface area contributed by atoms with E-state index in [0.29, 0.717) is 12.6 Å². The summed E-state index contributed by atoms with van der Waals surface area (Å²) >= 11 is 1.14. The molecule has 1 aliphatic carbocycles. The molecule has 3 rings (SSSR count). The predicted octanol–water partition coefficient (Wildman–Crippen LogP) is 2.33. The Morgan fingerprint density at radius 3 is 2.86 bits per heavy atom. The van der Waals surface area contributed by atoms with Gasteiger partial charge in [0.05, 0.1) is 0 Å². The van der Waals surface area contributed by atoms with Gasteiger partial charge >= 0.3 is 0 Å². The van der Waals surface area contributed by atoms with Crippen LogP contribution in [-0.4, -0.2) is 19.4 Å². The highest BCUT2D eigenvalue weighted by atomic mass is 32.2. The Hall–Kier alpha value is -1.51. The van der Waals surface area contributed by atoms with Crippen LogP contribution >= 0.6 is 11.3 Å². The van der Waals surface area contributed by atoms with Crippen molar-refractivity contribution in [3.63, 3.8) is 0 Å². The molecule has 0 amide bonds. The molecule has 0 aliphatic heterocycles. The van der Waals surface area contributed by atoms with E-state index in [9.17, 15) is 12.8 Å². The van der Waals surface area contributed by atoms with Crippen LogP contribution in [0.3, 0.4) is 0 Å². The number of nitrogens with zero attached hydrogens (tertiary/aromatic N) is 1. The van der Waals surface area contributed by atoms with Gasteiger partial charge in [-0.1, -0.05) is 6.07 Å². The maximum Gasteiger partial charge on any atom is 0.266 e. The Morgan fingerprint density at radius 1 is 1.38 bits per heavy atom. The molecule has 2 aromatic rings. The van der Waals surface area contributed by atoms with Crippen molar-refractivity contribution in [3.05, 3.63) is 41.2 Å². The maximum absolute atomic E-state index is 13.8. The summed E-state index contributed by atoms with van der Waals surface area (Å²) in [6, 6.07) is 4.64. The molecule has 0 radical (unpaired) electrons. The lowest BCUT2D eigenvalue weighted by Gasteiger charge is -2.09. The van der Waals surface area contributed by atoms with E-state index in [1.165, 1.54) is 18.3 Å². The Balaban J connectivity index is 1.83. The van der Waals surface area contributed by atoms with Crippen LogP contribution in [-0.2, 0) is 16.6 Å². The lowest BCUT2D eigenvalue weighted by molar-refractivity contribution is 0.568. The minimum absolute atomic E-state index is 0.218. The first-order valence-corrected chi connectivity index (χ1v) is 8.85. The van der Waals surface area contributed by atoms with Crippen LogP contribution in [0.2, 0.25) is 0 Å². The molecule has 8 heteroatoms. The molecular weight excluding hydrogens is 313 g/mol. The number of aromatic nitrogens is 1. The first-order chi connectivity index (χ1) is 10.0. The topological polar surface area (TPSA) is 71.1 Å². The van der Waals surface area contributed by atoms with E-state index < -0.39 is 15.8 Å². The van der Waals surface area contributed by atoms with Crippen molar-refractivity contribution in [1.82, 2.24) is 10.3 Å². The van der Waals surface area contributed by atoms with Crippen molar-refractivity contribution < 1.29 is 12.8 Å². The summed E-state index contributed by atoms with van der Waals surface area (Å²) in [5, 5.41) is 5.13. The van der Waals surface area contributed by atoms with E-state index in [0.717, 1.165) is 29.7 Å². The standard InChI is InChI=1S/C13H14FN3O2S2/c14-11-4-1-9(8-16-10-2-3-10)7-12(11)21(18,19)17-13-15-5-6-20-13/h1,4-7,10,16H,2-3,8H2,(H,15,17). The highest BCUT2D eigenvalue weighted by Gasteiger charge is 2.22. The first-order valence-electron chi connectivity index (χ1n) is 6.49. The van der Waals surface area contributed by atoms with Gasteiger partial charge in [0.1, 0.15) is 10.7 Å². The Morgan fingerprint density at radius 2 is 2.19 bits per heavy atom. The van der Waals surface area contributed by atoms with Crippen LogP contribution in [0.25, 0.3) is 0 Å². The predicted molar refractivity (Wildman–Crippen MR) is 79.2 cm³/mol. The second-order valence-corrected chi connectivity index (χ2v) is 7.41. The molecule has 112 valence electrons. The molecule has 0 spiro atoms. The van der Waals surface area contributed by atoms with Gasteiger partial charge in [0.25, 0.3) is 10.0 Å². The highest BCUT2D eigenvalue weighted by Crippen LogP contribution is 2.23. The van der Waals surface area contributed by atoms with Gasteiger partial charge in [-0.3, -0.25) is 4.72 Å². The van der Waals surface area contributed by atoms with E-state index in [-0.39, 0.29) is 10.0 Å². The van der Waals surface area contributed by atoms with E-state index in [4.69, 9.17) is 0 Å². The summed E-state index contributed by atoms with van der Waals surface area (Å²) in [5.74, 6) is -0.769. The molecule has 0 saturated heterocycles. The first kappa shape index (κ1) is 14.4. The number of hydrogen-bond donors (Lipinski definition) is 2. The van der Waals surface area contributed by atoms with Crippen molar-refractivity contribution >= 4 is 26.5 Å². The van der Waals surface area contributed by atoms with Crippen molar-refractivity contribution in [3.8, 4) is 0 Å². The summed E-state index contributed by atoms with van der Waals surface area (Å²) in [6.45, 7) is 0.532. The van der Waals surface area contributed by atoms with Crippen molar-refractivity contribution in [2.75, 3.05) is 4.72 Å². The van der Waals surface area contributed by atoms with Gasteiger partial charge in [0, 0.05) is 24.2 Å². The summed E-state index contributed by atoms with van der Waals surface area (Å²) in [4.78, 5) is 3.49. The van der Waals surface area contributed by atoms with E-state index >= 15 is 0 Å². The van der Waals surface area contributed by atoms with Crippen LogP contribution in [0.1, 0.15) is 18.4 Å². The van der Waals surface area contributed by atoms with Gasteiger partial charge in [-0.25, -0.2) is 17.8 Å². The smallest absolute Gasteiger partial charge is 0.266 e. The van der Waals surface area contributed by atoms with Crippen LogP contribution in [0.5, 0.6) is 0 Å². The quantitative estimate of drug-likeness (QED) is 0.854. The molecule has 1 aromatic heterocycles. The lowest BCUT2D eigenvalue weighted by atomic mass is 10.2. The Labute approximate surface area is 126 Å². The largest absolute Gasteiger partial charge is 0.310 e. The molecule has 1 heterocycles. The van der Waals surface area contributed by atoms with Gasteiger partial charge in [0.2, 0.25) is 0 Å². The molecule has 1 fully saturated rings. The molecule has 1 aromatic carbocycles. The summed E-state index contributed by atoms with van der Waals surface area (Å²) in [6.07, 6.45) is 3.75. The zero-order chi connectivity index (χ0) is 14.9. The molecule has 2 N–H and O–H groups in total. The summed E-state index contributed by atoms with van der Waals surface area (Å²) in [7, 11) is -3.96. The average molecular weight is 327 g/mol. The number of benzene rings is 1. The molecule has 1 aliphatic rings. The number of thiazole rings is 1. The van der Waals surface area contributed by atoms with Crippen LogP contribution < -0.4 is 10.0 Å². The van der Waals surface area contributed by atoms with Crippen LogP contribution in [0, 0.1) is 5.82 Å². The SMILES string of the molecule is O=S(=O)(Nc1nccs1)c1cc(CNC2CC2)ccc1F. The number of halogens is 1. The fourth-order valence-electron chi connectivity index (χ4n) is 1.86. The van der Waals surface area contributed by atoms with Crippen molar-refractivity contribution in [1.29, 1.82) is 0 Å². The fourth-order valence-corrected chi connectivity index (χ4v) is 3.77. The van der Waals surface area contributed by atoms with E-state index in [1.807, 2.05) is 0 Å². The van der Waals surface area contributed by atoms with Crippen LogP contribution in [0.4, 0.5) is 9.52 Å². The van der Waals surface area contributed by atoms with Crippen molar-refractivity contribution in [2.24, 2.45) is 0 Å². The second kappa shape index (κ2) is 5.70. The number of hydrogen-bond acceptors (Lipinski definition) is 5. The minimum Gasteiger partial charge on any atom is -0.310 e. The molecule has 0 atom stereocenters. The third-order valence-corrected chi connectivity index (χ3v) is 5.28. The second-order valence-electron chi connectivity index (χ2n) is 4.86. The van der Waals surface area contributed by atoms with Crippen LogP contribution in [0.15, 0.2) is 34.7 Å². The molecule has 1 saturated carbocycles. The maximum atomic E-state index is 13.8. The number of sulfonamides is 1. The normalized spacial score (nSPS) is 15.1.